The number of alkyl halides is 5. The fourth-order valence-corrected chi connectivity index (χ4v) is 4.50. The summed E-state index contributed by atoms with van der Waals surface area (Å²) < 4.78 is 76.5. The number of aliphatic carboxylic acids is 1. The molecule has 6 nitrogen and oxygen atoms in total. The molecule has 2 aliphatic rings. The number of ether oxygens (including phenoxy) is 2. The van der Waals surface area contributed by atoms with Crippen LogP contribution in [0.1, 0.15) is 49.1 Å². The molecule has 0 unspecified atom stereocenters. The molecule has 0 radical (unpaired) electrons. The summed E-state index contributed by atoms with van der Waals surface area (Å²) in [5.41, 5.74) is 0.388. The lowest BCUT2D eigenvalue weighted by atomic mass is 9.85. The van der Waals surface area contributed by atoms with Gasteiger partial charge in [0, 0.05) is 0 Å². The van der Waals surface area contributed by atoms with E-state index in [-0.39, 0.29) is 40.3 Å². The summed E-state index contributed by atoms with van der Waals surface area (Å²) in [4.78, 5) is 24.5. The third kappa shape index (κ3) is 5.66. The zero-order valence-electron chi connectivity index (χ0n) is 18.7. The first-order valence-corrected chi connectivity index (χ1v) is 11.4. The number of benzene rings is 2. The van der Waals surface area contributed by atoms with E-state index in [1.165, 1.54) is 12.1 Å². The second kappa shape index (κ2) is 9.42. The van der Waals surface area contributed by atoms with Crippen molar-refractivity contribution < 1.29 is 46.1 Å². The summed E-state index contributed by atoms with van der Waals surface area (Å²) in [6.07, 6.45) is -7.23. The van der Waals surface area contributed by atoms with Crippen LogP contribution in [-0.2, 0) is 9.59 Å². The summed E-state index contributed by atoms with van der Waals surface area (Å²) in [6, 6.07) is 7.53. The number of nitrogens with one attached hydrogen (secondary N) is 1. The Morgan fingerprint density at radius 1 is 1.11 bits per heavy atom. The van der Waals surface area contributed by atoms with Crippen molar-refractivity contribution >= 4 is 29.2 Å². The van der Waals surface area contributed by atoms with E-state index in [0.29, 0.717) is 5.56 Å². The molecule has 194 valence electrons. The van der Waals surface area contributed by atoms with E-state index in [0.717, 1.165) is 38.0 Å². The molecule has 1 aliphatic heterocycles. The molecule has 1 fully saturated rings. The fraction of sp³-hybridized carbons (Fsp3) is 0.417. The van der Waals surface area contributed by atoms with Crippen LogP contribution in [-0.4, -0.2) is 29.5 Å². The number of amides is 1. The minimum atomic E-state index is -4.80. The van der Waals surface area contributed by atoms with E-state index in [4.69, 9.17) is 11.6 Å². The maximum atomic E-state index is 13.7. The summed E-state index contributed by atoms with van der Waals surface area (Å²) in [7, 11) is 0. The van der Waals surface area contributed by atoms with Crippen LogP contribution in [0.5, 0.6) is 11.5 Å². The van der Waals surface area contributed by atoms with Crippen LogP contribution >= 0.6 is 11.6 Å². The van der Waals surface area contributed by atoms with Gasteiger partial charge in [-0.15, -0.1) is 8.78 Å². The Hall–Kier alpha value is -3.08. The second-order valence-corrected chi connectivity index (χ2v) is 9.36. The van der Waals surface area contributed by atoms with Crippen molar-refractivity contribution in [2.45, 2.75) is 50.5 Å². The van der Waals surface area contributed by atoms with Gasteiger partial charge < -0.3 is 19.9 Å². The first kappa shape index (κ1) is 26.0. The molecule has 3 atom stereocenters. The Morgan fingerprint density at radius 3 is 2.36 bits per heavy atom. The molecule has 2 aromatic rings. The highest BCUT2D eigenvalue weighted by Crippen LogP contribution is 2.47. The van der Waals surface area contributed by atoms with E-state index < -0.39 is 41.9 Å². The second-order valence-electron chi connectivity index (χ2n) is 8.95. The highest BCUT2D eigenvalue weighted by atomic mass is 35.5. The lowest BCUT2D eigenvalue weighted by Crippen LogP contribution is -2.34. The average Bonchev–Trinajstić information content (AvgIpc) is 3.55. The number of carbonyl (C=O) groups is 2. The number of hydrogen-bond donors (Lipinski definition) is 2. The van der Waals surface area contributed by atoms with Crippen LogP contribution in [0.25, 0.3) is 0 Å². The first-order chi connectivity index (χ1) is 16.7. The molecule has 36 heavy (non-hydrogen) atoms. The monoisotopic (exact) mass is 533 g/mol. The normalized spacial score (nSPS) is 18.9. The number of rotatable bonds is 8. The van der Waals surface area contributed by atoms with Gasteiger partial charge in [0.1, 0.15) is 0 Å². The van der Waals surface area contributed by atoms with Gasteiger partial charge in [-0.3, -0.25) is 9.59 Å². The maximum absolute atomic E-state index is 13.7. The van der Waals surface area contributed by atoms with E-state index in [2.05, 4.69) is 14.8 Å². The molecule has 4 rings (SSSR count). The topological polar surface area (TPSA) is 84.9 Å². The Balaban J connectivity index is 1.65. The molecule has 12 heteroatoms. The van der Waals surface area contributed by atoms with Gasteiger partial charge >= 0.3 is 18.4 Å². The van der Waals surface area contributed by atoms with Gasteiger partial charge in [0.25, 0.3) is 0 Å². The van der Waals surface area contributed by atoms with Gasteiger partial charge in [0.05, 0.1) is 29.0 Å². The van der Waals surface area contributed by atoms with E-state index >= 15 is 0 Å². The standard InChI is InChI=1S/C24H21ClF5NO5/c1-11(23(26,27)28)21(14-5-7-18-19(9-14)36-24(29,30)35-18)22(34)31-17-8-13(4-6-16(17)25)15(10-20(32)33)12-2-3-12/h4-9,11-12,15,21H,2-3,10H2,1H3,(H,31,34)(H,32,33)/t11-,15+,21-/m1/s1. The quantitative estimate of drug-likeness (QED) is 0.376. The molecule has 1 amide bonds. The Kier molecular flexibility index (Phi) is 6.80. The van der Waals surface area contributed by atoms with Crippen LogP contribution in [0.15, 0.2) is 36.4 Å². The number of carboxylic acid groups (broad SMARTS) is 1. The molecule has 0 aromatic heterocycles. The Labute approximate surface area is 207 Å². The van der Waals surface area contributed by atoms with Crippen molar-refractivity contribution in [1.82, 2.24) is 0 Å². The molecule has 1 heterocycles. The molecule has 1 aliphatic carbocycles. The van der Waals surface area contributed by atoms with Gasteiger partial charge in [0.2, 0.25) is 5.91 Å². The summed E-state index contributed by atoms with van der Waals surface area (Å²) in [5, 5.41) is 11.7. The number of fused-ring (bicyclic) bond motifs is 1. The SMILES string of the molecule is C[C@H]([C@@H](C(=O)Nc1cc([C@@H](CC(=O)O)C2CC2)ccc1Cl)c1ccc2c(c1)OC(F)(F)O2)C(F)(F)F. The van der Waals surface area contributed by atoms with E-state index in [1.807, 2.05) is 0 Å². The molecular weight excluding hydrogens is 513 g/mol. The van der Waals surface area contributed by atoms with Crippen molar-refractivity contribution in [2.24, 2.45) is 11.8 Å². The van der Waals surface area contributed by atoms with Gasteiger partial charge in [-0.05, 0) is 60.1 Å². The van der Waals surface area contributed by atoms with Crippen molar-refractivity contribution in [3.05, 3.63) is 52.5 Å². The van der Waals surface area contributed by atoms with Crippen LogP contribution in [0, 0.1) is 11.8 Å². The van der Waals surface area contributed by atoms with Crippen molar-refractivity contribution in [3.63, 3.8) is 0 Å². The molecular formula is C24H21ClF5NO5. The van der Waals surface area contributed by atoms with Crippen LogP contribution < -0.4 is 14.8 Å². The van der Waals surface area contributed by atoms with Crippen LogP contribution in [0.2, 0.25) is 5.02 Å². The highest BCUT2D eigenvalue weighted by molar-refractivity contribution is 6.33. The number of anilines is 1. The number of halogens is 6. The summed E-state index contributed by atoms with van der Waals surface area (Å²) in [6.45, 7) is 0.803. The molecule has 0 bridgehead atoms. The zero-order chi connectivity index (χ0) is 26.4. The third-order valence-corrected chi connectivity index (χ3v) is 6.67. The number of carboxylic acids is 1. The predicted molar refractivity (Wildman–Crippen MR) is 118 cm³/mol. The number of hydrogen-bond acceptors (Lipinski definition) is 4. The largest absolute Gasteiger partial charge is 0.586 e. The zero-order valence-corrected chi connectivity index (χ0v) is 19.5. The smallest absolute Gasteiger partial charge is 0.481 e. The Morgan fingerprint density at radius 2 is 1.75 bits per heavy atom. The fourth-order valence-electron chi connectivity index (χ4n) is 4.34. The summed E-state index contributed by atoms with van der Waals surface area (Å²) >= 11 is 6.20. The average molecular weight is 534 g/mol. The number of carbonyl (C=O) groups excluding carboxylic acids is 1. The summed E-state index contributed by atoms with van der Waals surface area (Å²) in [5.74, 6) is -7.18. The van der Waals surface area contributed by atoms with Gasteiger partial charge in [0.15, 0.2) is 11.5 Å². The van der Waals surface area contributed by atoms with Crippen molar-refractivity contribution in [1.29, 1.82) is 0 Å². The van der Waals surface area contributed by atoms with E-state index in [9.17, 15) is 36.6 Å². The van der Waals surface area contributed by atoms with Crippen molar-refractivity contribution in [2.75, 3.05) is 5.32 Å². The van der Waals surface area contributed by atoms with Crippen LogP contribution in [0.3, 0.4) is 0 Å². The predicted octanol–water partition coefficient (Wildman–Crippen LogP) is 6.55. The van der Waals surface area contributed by atoms with Crippen LogP contribution in [0.4, 0.5) is 27.6 Å². The molecule has 2 aromatic carbocycles. The molecule has 0 spiro atoms. The lowest BCUT2D eigenvalue weighted by molar-refractivity contribution is -0.286. The molecule has 2 N–H and O–H groups in total. The highest BCUT2D eigenvalue weighted by Gasteiger charge is 2.47. The van der Waals surface area contributed by atoms with Gasteiger partial charge in [-0.25, -0.2) is 0 Å². The minimum Gasteiger partial charge on any atom is -0.481 e. The lowest BCUT2D eigenvalue weighted by Gasteiger charge is -2.26. The molecule has 0 saturated heterocycles. The third-order valence-electron chi connectivity index (χ3n) is 6.35. The van der Waals surface area contributed by atoms with Crippen molar-refractivity contribution in [3.8, 4) is 11.5 Å². The van der Waals surface area contributed by atoms with Gasteiger partial charge in [-0.2, -0.15) is 13.2 Å². The Bertz CT molecular complexity index is 1180. The van der Waals surface area contributed by atoms with Gasteiger partial charge in [-0.1, -0.05) is 30.7 Å². The van der Waals surface area contributed by atoms with E-state index in [1.54, 1.807) is 6.07 Å². The first-order valence-electron chi connectivity index (χ1n) is 11.0. The maximum Gasteiger partial charge on any atom is 0.586 e. The molecule has 1 saturated carbocycles. The minimum absolute atomic E-state index is 0.0156.